The minimum atomic E-state index is -3.01. The molecule has 3 heterocycles. The summed E-state index contributed by atoms with van der Waals surface area (Å²) in [6.45, 7) is 4.61. The number of aromatic nitrogens is 3. The third-order valence-electron chi connectivity index (χ3n) is 6.08. The maximum absolute atomic E-state index is 13.6. The van der Waals surface area contributed by atoms with Gasteiger partial charge in [0.1, 0.15) is 6.54 Å². The fraction of sp³-hybridized carbons (Fsp3) is 0.292. The van der Waals surface area contributed by atoms with E-state index in [0.29, 0.717) is 30.0 Å². The third-order valence-corrected chi connectivity index (χ3v) is 6.42. The standard InChI is InChI=1S/C24H24F2N5O2P/c1-16-27-13-22(33-16)17-2-5-19(6-3-17)29-8-10-30(11-9-29)23(32)14-31-15-28-20-12-18(24(25,26)34)4-7-21(20)31/h2-7,12-13,15H,8-11,14,34H2,1H3. The van der Waals surface area contributed by atoms with Crippen molar-refractivity contribution in [1.82, 2.24) is 19.4 Å². The Morgan fingerprint density at radius 3 is 2.47 bits per heavy atom. The highest BCUT2D eigenvalue weighted by molar-refractivity contribution is 7.17. The number of carbonyl (C=O) groups is 1. The molecule has 176 valence electrons. The zero-order chi connectivity index (χ0) is 23.9. The van der Waals surface area contributed by atoms with Gasteiger partial charge < -0.3 is 18.8 Å². The van der Waals surface area contributed by atoms with E-state index in [1.165, 1.54) is 27.7 Å². The zero-order valence-electron chi connectivity index (χ0n) is 18.6. The van der Waals surface area contributed by atoms with Crippen LogP contribution < -0.4 is 4.90 Å². The van der Waals surface area contributed by atoms with E-state index in [1.807, 2.05) is 24.0 Å². The Hall–Kier alpha value is -3.32. The number of piperazine rings is 1. The van der Waals surface area contributed by atoms with E-state index >= 15 is 0 Å². The average Bonchev–Trinajstić information content (AvgIpc) is 3.44. The molecule has 1 amide bonds. The molecule has 0 radical (unpaired) electrons. The molecule has 2 aromatic carbocycles. The third kappa shape index (κ3) is 4.53. The second-order valence-electron chi connectivity index (χ2n) is 8.36. The molecule has 0 saturated carbocycles. The van der Waals surface area contributed by atoms with Gasteiger partial charge in [-0.2, -0.15) is 8.78 Å². The first-order valence-electron chi connectivity index (χ1n) is 11.0. The van der Waals surface area contributed by atoms with Crippen molar-refractivity contribution in [3.05, 3.63) is 66.4 Å². The Morgan fingerprint density at radius 2 is 1.82 bits per heavy atom. The highest BCUT2D eigenvalue weighted by atomic mass is 31.0. The molecular formula is C24H24F2N5O2P. The number of amides is 1. The number of carbonyl (C=O) groups excluding carboxylic acids is 1. The second kappa shape index (κ2) is 8.80. The van der Waals surface area contributed by atoms with Crippen LogP contribution in [0.3, 0.4) is 0 Å². The molecule has 10 heteroatoms. The molecular weight excluding hydrogens is 459 g/mol. The van der Waals surface area contributed by atoms with Crippen LogP contribution in [0.25, 0.3) is 22.4 Å². The van der Waals surface area contributed by atoms with Gasteiger partial charge in [0.25, 0.3) is 5.66 Å². The summed E-state index contributed by atoms with van der Waals surface area (Å²) in [6, 6.07) is 12.4. The molecule has 1 fully saturated rings. The Morgan fingerprint density at radius 1 is 1.09 bits per heavy atom. The molecule has 1 unspecified atom stereocenters. The number of halogens is 2. The van der Waals surface area contributed by atoms with Gasteiger partial charge in [-0.25, -0.2) is 9.97 Å². The fourth-order valence-corrected chi connectivity index (χ4v) is 4.37. The average molecular weight is 483 g/mol. The molecule has 0 bridgehead atoms. The number of oxazole rings is 1. The summed E-state index contributed by atoms with van der Waals surface area (Å²) < 4.78 is 34.4. The van der Waals surface area contributed by atoms with Crippen LogP contribution in [0.15, 0.2) is 59.4 Å². The lowest BCUT2D eigenvalue weighted by molar-refractivity contribution is -0.132. The van der Waals surface area contributed by atoms with E-state index in [2.05, 4.69) is 27.0 Å². The number of anilines is 1. The zero-order valence-corrected chi connectivity index (χ0v) is 19.8. The summed E-state index contributed by atoms with van der Waals surface area (Å²) in [4.78, 5) is 25.3. The van der Waals surface area contributed by atoms with Gasteiger partial charge in [0.2, 0.25) is 5.91 Å². The van der Waals surface area contributed by atoms with Crippen molar-refractivity contribution < 1.29 is 18.0 Å². The predicted octanol–water partition coefficient (Wildman–Crippen LogP) is 4.27. The van der Waals surface area contributed by atoms with Crippen molar-refractivity contribution in [2.75, 3.05) is 31.1 Å². The van der Waals surface area contributed by atoms with Crippen LogP contribution in [0.5, 0.6) is 0 Å². The molecule has 1 saturated heterocycles. The van der Waals surface area contributed by atoms with Gasteiger partial charge in [-0.05, 0) is 36.4 Å². The maximum Gasteiger partial charge on any atom is 0.283 e. The van der Waals surface area contributed by atoms with E-state index in [1.54, 1.807) is 16.8 Å². The van der Waals surface area contributed by atoms with Crippen LogP contribution in [0.2, 0.25) is 0 Å². The fourth-order valence-electron chi connectivity index (χ4n) is 4.19. The molecule has 2 aromatic heterocycles. The maximum atomic E-state index is 13.6. The van der Waals surface area contributed by atoms with E-state index in [9.17, 15) is 13.6 Å². The van der Waals surface area contributed by atoms with Gasteiger partial charge in [0, 0.05) is 49.9 Å². The number of alkyl halides is 2. The lowest BCUT2D eigenvalue weighted by Crippen LogP contribution is -2.49. The van der Waals surface area contributed by atoms with Crippen LogP contribution in [0.1, 0.15) is 11.5 Å². The monoisotopic (exact) mass is 483 g/mol. The minimum absolute atomic E-state index is 0.0181. The van der Waals surface area contributed by atoms with Crippen molar-refractivity contribution in [2.24, 2.45) is 0 Å². The summed E-state index contributed by atoms with van der Waals surface area (Å²) in [6.07, 6.45) is 3.25. The van der Waals surface area contributed by atoms with Crippen LogP contribution in [-0.2, 0) is 17.0 Å². The van der Waals surface area contributed by atoms with Gasteiger partial charge in [0.15, 0.2) is 11.7 Å². The number of nitrogens with zero attached hydrogens (tertiary/aromatic N) is 5. The lowest BCUT2D eigenvalue weighted by Gasteiger charge is -2.36. The van der Waals surface area contributed by atoms with Crippen molar-refractivity contribution in [2.45, 2.75) is 19.1 Å². The number of aryl methyl sites for hydroxylation is 1. The van der Waals surface area contributed by atoms with Crippen molar-refractivity contribution in [1.29, 1.82) is 0 Å². The number of benzene rings is 2. The molecule has 34 heavy (non-hydrogen) atoms. The van der Waals surface area contributed by atoms with Gasteiger partial charge in [-0.15, -0.1) is 0 Å². The summed E-state index contributed by atoms with van der Waals surface area (Å²) in [5.74, 6) is 1.36. The van der Waals surface area contributed by atoms with E-state index in [4.69, 9.17) is 4.42 Å². The molecule has 0 aliphatic carbocycles. The molecule has 1 atom stereocenters. The number of rotatable bonds is 5. The van der Waals surface area contributed by atoms with Gasteiger partial charge >= 0.3 is 0 Å². The number of fused-ring (bicyclic) bond motifs is 1. The first kappa shape index (κ1) is 22.5. The van der Waals surface area contributed by atoms with Crippen molar-refractivity contribution in [3.63, 3.8) is 0 Å². The van der Waals surface area contributed by atoms with Gasteiger partial charge in [-0.3, -0.25) is 4.79 Å². The van der Waals surface area contributed by atoms with Crippen LogP contribution in [0.4, 0.5) is 14.5 Å². The molecule has 0 spiro atoms. The van der Waals surface area contributed by atoms with Crippen LogP contribution >= 0.6 is 9.24 Å². The SMILES string of the molecule is Cc1ncc(-c2ccc(N3CCN(C(=O)Cn4cnc5cc(C(F)(F)P)ccc54)CC3)cc2)o1. The largest absolute Gasteiger partial charge is 0.441 e. The highest BCUT2D eigenvalue weighted by Crippen LogP contribution is 2.36. The Labute approximate surface area is 197 Å². The van der Waals surface area contributed by atoms with Crippen LogP contribution in [-0.4, -0.2) is 51.5 Å². The first-order chi connectivity index (χ1) is 16.3. The molecule has 1 aliphatic rings. The first-order valence-corrected chi connectivity index (χ1v) is 11.5. The Kier molecular flexibility index (Phi) is 5.81. The Balaban J connectivity index is 1.20. The van der Waals surface area contributed by atoms with E-state index in [-0.39, 0.29) is 18.0 Å². The predicted molar refractivity (Wildman–Crippen MR) is 129 cm³/mol. The molecule has 1 aliphatic heterocycles. The normalized spacial score (nSPS) is 14.7. The molecule has 5 rings (SSSR count). The summed E-state index contributed by atoms with van der Waals surface area (Å²) in [5.41, 5.74) is 0.0338. The summed E-state index contributed by atoms with van der Waals surface area (Å²) in [5, 5.41) is 0. The van der Waals surface area contributed by atoms with Crippen LogP contribution in [0, 0.1) is 6.92 Å². The molecule has 7 nitrogen and oxygen atoms in total. The topological polar surface area (TPSA) is 67.4 Å². The van der Waals surface area contributed by atoms with Gasteiger partial charge in [0.05, 0.1) is 23.6 Å². The number of hydrogen-bond acceptors (Lipinski definition) is 5. The van der Waals surface area contributed by atoms with E-state index in [0.717, 1.165) is 30.1 Å². The quantitative estimate of drug-likeness (QED) is 0.397. The highest BCUT2D eigenvalue weighted by Gasteiger charge is 2.26. The Bertz CT molecular complexity index is 1320. The smallest absolute Gasteiger partial charge is 0.283 e. The minimum Gasteiger partial charge on any atom is -0.441 e. The summed E-state index contributed by atoms with van der Waals surface area (Å²) in [7, 11) is 1.53. The van der Waals surface area contributed by atoms with Crippen molar-refractivity contribution >= 4 is 31.9 Å². The molecule has 4 aromatic rings. The van der Waals surface area contributed by atoms with Crippen molar-refractivity contribution in [3.8, 4) is 11.3 Å². The lowest BCUT2D eigenvalue weighted by atomic mass is 10.1. The second-order valence-corrected chi connectivity index (χ2v) is 9.08. The molecule has 0 N–H and O–H groups in total. The number of hydrogen-bond donors (Lipinski definition) is 0. The number of imidazole rings is 1. The van der Waals surface area contributed by atoms with Gasteiger partial charge in [-0.1, -0.05) is 15.3 Å². The summed E-state index contributed by atoms with van der Waals surface area (Å²) >= 11 is 0. The van der Waals surface area contributed by atoms with E-state index < -0.39 is 5.66 Å².